The average molecular weight is 492 g/mol. The highest BCUT2D eigenvalue weighted by molar-refractivity contribution is 5.96. The number of amides is 1. The van der Waals surface area contributed by atoms with Crippen molar-refractivity contribution in [2.24, 2.45) is 5.92 Å². The molecule has 0 saturated carbocycles. The Bertz CT molecular complexity index is 1280. The predicted octanol–water partition coefficient (Wildman–Crippen LogP) is 1.97. The number of nitrogens with two attached hydrogens (primary N) is 1. The summed E-state index contributed by atoms with van der Waals surface area (Å²) in [6.45, 7) is 3.64. The standard InChI is InChI=1S/C27H33N5O4/c1-2-31(23-25(28)32(27(36)29-26(23)35)17-19-9-5-3-6-10-19)22(33)18-30-15-13-21(14-16-30)24(34)20-11-7-4-8-12-20/h3-12,21,24,34H,2,13-18,28H2,1H3,(H,29,35,36). The number of H-pyrrole nitrogens is 1. The Morgan fingerprint density at radius 2 is 1.69 bits per heavy atom. The number of hydrogen-bond donors (Lipinski definition) is 3. The van der Waals surface area contributed by atoms with Gasteiger partial charge in [-0.2, -0.15) is 0 Å². The van der Waals surface area contributed by atoms with E-state index < -0.39 is 17.4 Å². The predicted molar refractivity (Wildman–Crippen MR) is 140 cm³/mol. The van der Waals surface area contributed by atoms with Gasteiger partial charge in [0.1, 0.15) is 5.82 Å². The molecule has 1 aliphatic heterocycles. The number of nitrogens with one attached hydrogen (secondary N) is 1. The molecule has 3 aromatic rings. The van der Waals surface area contributed by atoms with E-state index >= 15 is 0 Å². The van der Waals surface area contributed by atoms with Crippen molar-refractivity contribution in [2.45, 2.75) is 32.4 Å². The first-order chi connectivity index (χ1) is 17.4. The number of aromatic nitrogens is 2. The second-order valence-electron chi connectivity index (χ2n) is 9.17. The second-order valence-corrected chi connectivity index (χ2v) is 9.17. The second kappa shape index (κ2) is 11.4. The molecule has 1 aromatic heterocycles. The highest BCUT2D eigenvalue weighted by Gasteiger charge is 2.29. The number of likely N-dealkylation sites (N-methyl/N-ethyl adjacent to an activating group) is 1. The topological polar surface area (TPSA) is 125 Å². The van der Waals surface area contributed by atoms with Gasteiger partial charge in [0.25, 0.3) is 5.56 Å². The molecular weight excluding hydrogens is 458 g/mol. The van der Waals surface area contributed by atoms with E-state index in [1.165, 1.54) is 9.47 Å². The molecule has 4 N–H and O–H groups in total. The molecule has 9 heteroatoms. The lowest BCUT2D eigenvalue weighted by molar-refractivity contribution is -0.120. The van der Waals surface area contributed by atoms with Gasteiger partial charge in [-0.3, -0.25) is 24.0 Å². The number of nitrogens with zero attached hydrogens (tertiary/aromatic N) is 3. The number of carbonyl (C=O) groups is 1. The van der Waals surface area contributed by atoms with Crippen molar-refractivity contribution < 1.29 is 9.90 Å². The van der Waals surface area contributed by atoms with Crippen LogP contribution in [0.3, 0.4) is 0 Å². The van der Waals surface area contributed by atoms with Gasteiger partial charge in [0.05, 0.1) is 19.2 Å². The third-order valence-electron chi connectivity index (χ3n) is 6.86. The lowest BCUT2D eigenvalue weighted by Gasteiger charge is -2.35. The van der Waals surface area contributed by atoms with Crippen molar-refractivity contribution in [3.05, 3.63) is 92.6 Å². The molecule has 1 atom stereocenters. The van der Waals surface area contributed by atoms with Crippen LogP contribution in [-0.2, 0) is 11.3 Å². The number of benzene rings is 2. The highest BCUT2D eigenvalue weighted by Crippen LogP contribution is 2.30. The van der Waals surface area contributed by atoms with E-state index in [1.54, 1.807) is 6.92 Å². The third kappa shape index (κ3) is 5.58. The zero-order valence-corrected chi connectivity index (χ0v) is 20.5. The van der Waals surface area contributed by atoms with E-state index in [2.05, 4.69) is 4.98 Å². The molecule has 0 aliphatic carbocycles. The summed E-state index contributed by atoms with van der Waals surface area (Å²) in [5.74, 6) is -0.171. The Kier molecular flexibility index (Phi) is 8.02. The fraction of sp³-hybridized carbons (Fsp3) is 0.370. The quantitative estimate of drug-likeness (QED) is 0.443. The van der Waals surface area contributed by atoms with Crippen LogP contribution in [0.2, 0.25) is 0 Å². The summed E-state index contributed by atoms with van der Waals surface area (Å²) >= 11 is 0. The molecule has 2 aromatic carbocycles. The van der Waals surface area contributed by atoms with Crippen LogP contribution in [0.1, 0.15) is 37.0 Å². The summed E-state index contributed by atoms with van der Waals surface area (Å²) in [5.41, 5.74) is 6.74. The minimum Gasteiger partial charge on any atom is -0.388 e. The Balaban J connectivity index is 1.46. The molecule has 9 nitrogen and oxygen atoms in total. The number of carbonyl (C=O) groups excluding carboxylic acids is 1. The number of piperidine rings is 1. The van der Waals surface area contributed by atoms with Gasteiger partial charge in [-0.25, -0.2) is 4.79 Å². The zero-order valence-electron chi connectivity index (χ0n) is 20.5. The lowest BCUT2D eigenvalue weighted by atomic mass is 9.87. The van der Waals surface area contributed by atoms with Gasteiger partial charge in [-0.15, -0.1) is 0 Å². The SMILES string of the molecule is CCN(C(=O)CN1CCC(C(O)c2ccccc2)CC1)c1c(N)n(Cc2ccccc2)c(=O)[nH]c1=O. The largest absolute Gasteiger partial charge is 0.388 e. The molecule has 0 spiro atoms. The molecule has 1 unspecified atom stereocenters. The van der Waals surface area contributed by atoms with Crippen LogP contribution in [0.4, 0.5) is 11.5 Å². The van der Waals surface area contributed by atoms with Gasteiger partial charge in [0, 0.05) is 6.54 Å². The van der Waals surface area contributed by atoms with E-state index in [0.29, 0.717) is 13.1 Å². The summed E-state index contributed by atoms with van der Waals surface area (Å²) in [6, 6.07) is 18.9. The molecule has 1 saturated heterocycles. The van der Waals surface area contributed by atoms with E-state index in [1.807, 2.05) is 65.6 Å². The number of aliphatic hydroxyl groups is 1. The number of rotatable bonds is 8. The molecule has 0 radical (unpaired) electrons. The molecule has 1 aliphatic rings. The average Bonchev–Trinajstić information content (AvgIpc) is 2.90. The number of aliphatic hydroxyl groups excluding tert-OH is 1. The molecule has 1 fully saturated rings. The zero-order chi connectivity index (χ0) is 25.7. The van der Waals surface area contributed by atoms with Crippen LogP contribution < -0.4 is 21.9 Å². The smallest absolute Gasteiger partial charge is 0.330 e. The van der Waals surface area contributed by atoms with Crippen molar-refractivity contribution >= 4 is 17.4 Å². The summed E-state index contributed by atoms with van der Waals surface area (Å²) in [4.78, 5) is 44.2. The first-order valence-corrected chi connectivity index (χ1v) is 12.3. The van der Waals surface area contributed by atoms with Crippen LogP contribution in [0.15, 0.2) is 70.3 Å². The minimum absolute atomic E-state index is 0.00702. The van der Waals surface area contributed by atoms with Gasteiger partial charge in [-0.05, 0) is 49.9 Å². The molecule has 4 rings (SSSR count). The molecule has 1 amide bonds. The summed E-state index contributed by atoms with van der Waals surface area (Å²) in [5, 5.41) is 10.7. The molecule has 2 heterocycles. The number of anilines is 2. The molecular formula is C27H33N5O4. The molecule has 0 bridgehead atoms. The molecule has 36 heavy (non-hydrogen) atoms. The molecule has 190 valence electrons. The van der Waals surface area contributed by atoms with E-state index in [0.717, 1.165) is 24.0 Å². The first kappa shape index (κ1) is 25.4. The summed E-state index contributed by atoms with van der Waals surface area (Å²) in [7, 11) is 0. The summed E-state index contributed by atoms with van der Waals surface area (Å²) in [6.07, 6.45) is 1.00. The summed E-state index contributed by atoms with van der Waals surface area (Å²) < 4.78 is 1.28. The van der Waals surface area contributed by atoms with Crippen LogP contribution in [-0.4, -0.2) is 51.6 Å². The van der Waals surface area contributed by atoms with Crippen molar-refractivity contribution in [3.8, 4) is 0 Å². The first-order valence-electron chi connectivity index (χ1n) is 12.3. The Hall–Kier alpha value is -3.69. The van der Waals surface area contributed by atoms with E-state index in [9.17, 15) is 19.5 Å². The van der Waals surface area contributed by atoms with E-state index in [4.69, 9.17) is 5.73 Å². The normalized spacial score (nSPS) is 15.5. The van der Waals surface area contributed by atoms with Crippen molar-refractivity contribution in [2.75, 3.05) is 36.8 Å². The van der Waals surface area contributed by atoms with Gasteiger partial charge >= 0.3 is 5.69 Å². The fourth-order valence-corrected chi connectivity index (χ4v) is 4.85. The van der Waals surface area contributed by atoms with Crippen LogP contribution >= 0.6 is 0 Å². The van der Waals surface area contributed by atoms with Crippen molar-refractivity contribution in [1.82, 2.24) is 14.5 Å². The lowest BCUT2D eigenvalue weighted by Crippen LogP contribution is -2.47. The Morgan fingerprint density at radius 3 is 2.31 bits per heavy atom. The number of nitrogen functional groups attached to an aromatic ring is 1. The fourth-order valence-electron chi connectivity index (χ4n) is 4.85. The maximum Gasteiger partial charge on any atom is 0.330 e. The maximum absolute atomic E-state index is 13.3. The van der Waals surface area contributed by atoms with Gasteiger partial charge in [0.15, 0.2) is 5.69 Å². The van der Waals surface area contributed by atoms with Crippen LogP contribution in [0.5, 0.6) is 0 Å². The van der Waals surface area contributed by atoms with E-state index in [-0.39, 0.29) is 43.0 Å². The number of likely N-dealkylation sites (tertiary alicyclic amines) is 1. The van der Waals surface area contributed by atoms with Crippen LogP contribution in [0.25, 0.3) is 0 Å². The number of aromatic amines is 1. The van der Waals surface area contributed by atoms with Gasteiger partial charge in [0.2, 0.25) is 5.91 Å². The minimum atomic E-state index is -0.679. The van der Waals surface area contributed by atoms with Crippen molar-refractivity contribution in [3.63, 3.8) is 0 Å². The van der Waals surface area contributed by atoms with Crippen LogP contribution in [0, 0.1) is 5.92 Å². The van der Waals surface area contributed by atoms with Gasteiger partial charge in [-0.1, -0.05) is 60.7 Å². The number of hydrogen-bond acceptors (Lipinski definition) is 6. The Morgan fingerprint density at radius 1 is 1.08 bits per heavy atom. The van der Waals surface area contributed by atoms with Gasteiger partial charge < -0.3 is 15.7 Å². The van der Waals surface area contributed by atoms with Crippen molar-refractivity contribution in [1.29, 1.82) is 0 Å². The maximum atomic E-state index is 13.3. The third-order valence-corrected chi connectivity index (χ3v) is 6.86. The Labute approximate surface area is 209 Å². The highest BCUT2D eigenvalue weighted by atomic mass is 16.3. The monoisotopic (exact) mass is 491 g/mol.